The topological polar surface area (TPSA) is 28.0 Å². The Labute approximate surface area is 101 Å². The second kappa shape index (κ2) is 6.33. The van der Waals surface area contributed by atoms with E-state index in [9.17, 15) is 0 Å². The molecule has 0 aliphatic rings. The first-order valence-corrected chi connectivity index (χ1v) is 6.25. The molecule has 0 aromatic heterocycles. The van der Waals surface area contributed by atoms with Gasteiger partial charge in [0.15, 0.2) is 5.17 Å². The summed E-state index contributed by atoms with van der Waals surface area (Å²) < 4.78 is 0. The number of hydrogen-bond donors (Lipinski definition) is 0. The molecule has 86 valence electrons. The van der Waals surface area contributed by atoms with Crippen LogP contribution in [0.25, 0.3) is 0 Å². The van der Waals surface area contributed by atoms with Gasteiger partial charge in [-0.15, -0.1) is 0 Å². The van der Waals surface area contributed by atoms with Crippen molar-refractivity contribution in [3.05, 3.63) is 29.8 Å². The van der Waals surface area contributed by atoms with Crippen LogP contribution in [0.3, 0.4) is 0 Å². The average Bonchev–Trinajstić information content (AvgIpc) is 2.26. The molecule has 0 aliphatic carbocycles. The molecule has 0 unspecified atom stereocenters. The lowest BCUT2D eigenvalue weighted by Crippen LogP contribution is -2.08. The zero-order valence-electron chi connectivity index (χ0n) is 10.1. The molecule has 0 heterocycles. The molecular weight excluding hydrogens is 218 g/mol. The van der Waals surface area contributed by atoms with Crippen LogP contribution in [0.5, 0.6) is 0 Å². The van der Waals surface area contributed by atoms with E-state index in [-0.39, 0.29) is 0 Å². The van der Waals surface area contributed by atoms with Crippen LogP contribution in [-0.2, 0) is 0 Å². The first-order valence-electron chi connectivity index (χ1n) is 5.02. The minimum Gasteiger partial charge on any atom is -0.369 e. The fraction of sp³-hybridized carbons (Fsp3) is 0.333. The molecule has 0 fully saturated rings. The van der Waals surface area contributed by atoms with E-state index in [1.165, 1.54) is 0 Å². The van der Waals surface area contributed by atoms with Crippen LogP contribution in [0.1, 0.15) is 5.56 Å². The number of benzene rings is 1. The first kappa shape index (κ1) is 12.8. The molecule has 16 heavy (non-hydrogen) atoms. The van der Waals surface area contributed by atoms with E-state index in [2.05, 4.69) is 9.98 Å². The minimum absolute atomic E-state index is 0.767. The van der Waals surface area contributed by atoms with Crippen LogP contribution in [0, 0.1) is 6.92 Å². The summed E-state index contributed by atoms with van der Waals surface area (Å²) in [4.78, 5) is 10.7. The quantitative estimate of drug-likeness (QED) is 0.582. The fourth-order valence-corrected chi connectivity index (χ4v) is 1.43. The zero-order chi connectivity index (χ0) is 12.0. The number of aryl methyl sites for hydroxylation is 1. The molecule has 0 saturated carbocycles. The van der Waals surface area contributed by atoms with Crippen LogP contribution >= 0.6 is 11.8 Å². The monoisotopic (exact) mass is 235 g/mol. The van der Waals surface area contributed by atoms with Crippen molar-refractivity contribution in [1.29, 1.82) is 0 Å². The maximum absolute atomic E-state index is 4.50. The van der Waals surface area contributed by atoms with Crippen LogP contribution in [0.2, 0.25) is 0 Å². The lowest BCUT2D eigenvalue weighted by Gasteiger charge is -2.04. The molecular formula is C12H17N3S. The number of amidine groups is 1. The smallest absolute Gasteiger partial charge is 0.189 e. The SMILES string of the molecule is CSC(=Nc1ccccc1C)/N=C/N(C)C. The predicted octanol–water partition coefficient (Wildman–Crippen LogP) is 2.94. The highest BCUT2D eigenvalue weighted by Gasteiger charge is 1.97. The molecule has 0 radical (unpaired) electrons. The minimum atomic E-state index is 0.767. The Bertz CT molecular complexity index is 397. The molecule has 0 saturated heterocycles. The fourth-order valence-electron chi connectivity index (χ4n) is 1.08. The Balaban J connectivity index is 2.92. The molecule has 3 nitrogen and oxygen atoms in total. The molecule has 0 atom stereocenters. The lowest BCUT2D eigenvalue weighted by atomic mass is 10.2. The van der Waals surface area contributed by atoms with Crippen molar-refractivity contribution in [2.45, 2.75) is 6.92 Å². The number of para-hydroxylation sites is 1. The van der Waals surface area contributed by atoms with Gasteiger partial charge in [-0.05, 0) is 24.8 Å². The van der Waals surface area contributed by atoms with E-state index in [1.807, 2.05) is 56.4 Å². The Morgan fingerprint density at radius 3 is 2.56 bits per heavy atom. The van der Waals surface area contributed by atoms with E-state index in [4.69, 9.17) is 0 Å². The van der Waals surface area contributed by atoms with Crippen molar-refractivity contribution in [3.63, 3.8) is 0 Å². The second-order valence-corrected chi connectivity index (χ2v) is 4.37. The highest BCUT2D eigenvalue weighted by molar-refractivity contribution is 8.13. The number of hydrogen-bond acceptors (Lipinski definition) is 2. The zero-order valence-corrected chi connectivity index (χ0v) is 11.0. The second-order valence-electron chi connectivity index (χ2n) is 3.59. The molecule has 1 aromatic rings. The van der Waals surface area contributed by atoms with Gasteiger partial charge in [0, 0.05) is 14.1 Å². The van der Waals surface area contributed by atoms with Gasteiger partial charge in [0.05, 0.1) is 12.0 Å². The van der Waals surface area contributed by atoms with E-state index in [1.54, 1.807) is 18.1 Å². The van der Waals surface area contributed by atoms with Crippen molar-refractivity contribution >= 4 is 29.0 Å². The van der Waals surface area contributed by atoms with Gasteiger partial charge < -0.3 is 4.90 Å². The van der Waals surface area contributed by atoms with Crippen molar-refractivity contribution in [1.82, 2.24) is 4.90 Å². The highest BCUT2D eigenvalue weighted by atomic mass is 32.2. The molecule has 0 bridgehead atoms. The van der Waals surface area contributed by atoms with Gasteiger partial charge in [-0.1, -0.05) is 30.0 Å². The van der Waals surface area contributed by atoms with Gasteiger partial charge in [-0.2, -0.15) is 0 Å². The van der Waals surface area contributed by atoms with Crippen molar-refractivity contribution < 1.29 is 0 Å². The third kappa shape index (κ3) is 4.06. The summed E-state index contributed by atoms with van der Waals surface area (Å²) in [6, 6.07) is 8.04. The highest BCUT2D eigenvalue weighted by Crippen LogP contribution is 2.19. The van der Waals surface area contributed by atoms with Crippen LogP contribution in [0.4, 0.5) is 5.69 Å². The van der Waals surface area contributed by atoms with Crippen LogP contribution in [-0.4, -0.2) is 36.8 Å². The summed E-state index contributed by atoms with van der Waals surface area (Å²) >= 11 is 1.54. The van der Waals surface area contributed by atoms with Gasteiger partial charge in [0.1, 0.15) is 0 Å². The van der Waals surface area contributed by atoms with Crippen molar-refractivity contribution in [2.75, 3.05) is 20.4 Å². The number of thioether (sulfide) groups is 1. The third-order valence-electron chi connectivity index (χ3n) is 1.91. The van der Waals surface area contributed by atoms with E-state index >= 15 is 0 Å². The largest absolute Gasteiger partial charge is 0.369 e. The molecule has 1 rings (SSSR count). The average molecular weight is 235 g/mol. The summed E-state index contributed by atoms with van der Waals surface area (Å²) in [5, 5.41) is 0.767. The molecule has 0 N–H and O–H groups in total. The Hall–Kier alpha value is -1.29. The summed E-state index contributed by atoms with van der Waals surface area (Å²) in [5.74, 6) is 0. The molecule has 4 heteroatoms. The number of rotatable bonds is 2. The van der Waals surface area contributed by atoms with Gasteiger partial charge in [-0.25, -0.2) is 9.98 Å². The molecule has 0 spiro atoms. The maximum atomic E-state index is 4.50. The predicted molar refractivity (Wildman–Crippen MR) is 74.0 cm³/mol. The molecule has 0 amide bonds. The van der Waals surface area contributed by atoms with Gasteiger partial charge in [-0.3, -0.25) is 0 Å². The number of aliphatic imine (C=N–C) groups is 2. The summed E-state index contributed by atoms with van der Waals surface area (Å²) in [5.41, 5.74) is 2.14. The summed E-state index contributed by atoms with van der Waals surface area (Å²) in [6.45, 7) is 2.05. The van der Waals surface area contributed by atoms with Crippen molar-refractivity contribution in [2.24, 2.45) is 9.98 Å². The Kier molecular flexibility index (Phi) is 5.05. The molecule has 1 aromatic carbocycles. The van der Waals surface area contributed by atoms with Gasteiger partial charge in [0.25, 0.3) is 0 Å². The number of nitrogens with zero attached hydrogens (tertiary/aromatic N) is 3. The molecule has 0 aliphatic heterocycles. The van der Waals surface area contributed by atoms with Gasteiger partial charge in [0.2, 0.25) is 0 Å². The van der Waals surface area contributed by atoms with Crippen molar-refractivity contribution in [3.8, 4) is 0 Å². The van der Waals surface area contributed by atoms with E-state index in [0.717, 1.165) is 16.4 Å². The normalized spacial score (nSPS) is 12.1. The first-order chi connectivity index (χ1) is 7.63. The third-order valence-corrected chi connectivity index (χ3v) is 2.48. The van der Waals surface area contributed by atoms with Gasteiger partial charge >= 0.3 is 0 Å². The summed E-state index contributed by atoms with van der Waals surface area (Å²) in [7, 11) is 3.88. The standard InChI is InChI=1S/C12H17N3S/c1-10-7-5-6-8-11(10)14-12(16-4)13-9-15(2)3/h5-9H,1-4H3/b13-9+,14-12?. The van der Waals surface area contributed by atoms with E-state index in [0.29, 0.717) is 0 Å². The van der Waals surface area contributed by atoms with E-state index < -0.39 is 0 Å². The maximum Gasteiger partial charge on any atom is 0.189 e. The lowest BCUT2D eigenvalue weighted by molar-refractivity contribution is 0.644. The summed E-state index contributed by atoms with van der Waals surface area (Å²) in [6.07, 6.45) is 3.73. The Morgan fingerprint density at radius 1 is 1.31 bits per heavy atom. The van der Waals surface area contributed by atoms with Crippen LogP contribution < -0.4 is 0 Å². The van der Waals surface area contributed by atoms with Crippen LogP contribution in [0.15, 0.2) is 34.3 Å². The Morgan fingerprint density at radius 2 is 2.00 bits per heavy atom.